The maximum absolute atomic E-state index is 13.9. The van der Waals surface area contributed by atoms with Gasteiger partial charge in [0.1, 0.15) is 0 Å². The molecule has 1 aliphatic rings. The summed E-state index contributed by atoms with van der Waals surface area (Å²) in [4.78, 5) is 14.5. The molecule has 0 radical (unpaired) electrons. The molecule has 1 fully saturated rings. The van der Waals surface area contributed by atoms with Crippen LogP contribution < -0.4 is 5.32 Å². The van der Waals surface area contributed by atoms with Gasteiger partial charge in [-0.15, -0.1) is 0 Å². The summed E-state index contributed by atoms with van der Waals surface area (Å²) >= 11 is 0. The van der Waals surface area contributed by atoms with E-state index in [1.54, 1.807) is 11.8 Å². The minimum absolute atomic E-state index is 0.0525. The Balaban J connectivity index is 1.77. The number of halogens is 2. The molecule has 5 nitrogen and oxygen atoms in total. The zero-order valence-electron chi connectivity index (χ0n) is 14.6. The minimum atomic E-state index is -0.921. The van der Waals surface area contributed by atoms with Crippen LogP contribution in [0.25, 0.3) is 0 Å². The molecule has 25 heavy (non-hydrogen) atoms. The van der Waals surface area contributed by atoms with Crippen molar-refractivity contribution in [1.29, 1.82) is 0 Å². The molecular weight excluding hydrogens is 326 g/mol. The summed E-state index contributed by atoms with van der Waals surface area (Å²) in [6.07, 6.45) is 1.75. The van der Waals surface area contributed by atoms with Crippen molar-refractivity contribution in [3.8, 4) is 0 Å². The quantitative estimate of drug-likeness (QED) is 0.883. The number of hydrogen-bond donors (Lipinski definition) is 2. The smallest absolute Gasteiger partial charge is 0.318 e. The van der Waals surface area contributed by atoms with Gasteiger partial charge >= 0.3 is 6.03 Å². The molecular formula is C18H22F2N4O. The van der Waals surface area contributed by atoms with Gasteiger partial charge in [-0.1, -0.05) is 12.1 Å². The van der Waals surface area contributed by atoms with E-state index in [2.05, 4.69) is 15.5 Å². The van der Waals surface area contributed by atoms with Crippen molar-refractivity contribution in [2.45, 2.75) is 45.7 Å². The molecule has 0 bridgehead atoms. The first-order valence-corrected chi connectivity index (χ1v) is 8.42. The maximum Gasteiger partial charge on any atom is 0.318 e. The van der Waals surface area contributed by atoms with Gasteiger partial charge in [0, 0.05) is 23.4 Å². The summed E-state index contributed by atoms with van der Waals surface area (Å²) in [6.45, 7) is 6.13. The van der Waals surface area contributed by atoms with Crippen molar-refractivity contribution >= 4 is 6.03 Å². The van der Waals surface area contributed by atoms with Crippen molar-refractivity contribution in [1.82, 2.24) is 20.4 Å². The van der Waals surface area contributed by atoms with Crippen molar-refractivity contribution in [2.75, 3.05) is 6.54 Å². The molecule has 134 valence electrons. The van der Waals surface area contributed by atoms with Crippen LogP contribution in [0.4, 0.5) is 13.6 Å². The van der Waals surface area contributed by atoms with Crippen LogP contribution in [0.3, 0.4) is 0 Å². The molecule has 0 unspecified atom stereocenters. The van der Waals surface area contributed by atoms with Crippen LogP contribution >= 0.6 is 0 Å². The highest BCUT2D eigenvalue weighted by Gasteiger charge is 2.33. The lowest BCUT2D eigenvalue weighted by atomic mass is 10.0. The number of aryl methyl sites for hydroxylation is 2. The second-order valence-corrected chi connectivity index (χ2v) is 6.51. The Kier molecular flexibility index (Phi) is 4.74. The van der Waals surface area contributed by atoms with Crippen LogP contribution in [-0.2, 0) is 0 Å². The second kappa shape index (κ2) is 6.82. The topological polar surface area (TPSA) is 61.0 Å². The highest BCUT2D eigenvalue weighted by atomic mass is 19.2. The lowest BCUT2D eigenvalue weighted by Crippen LogP contribution is -2.41. The number of rotatable bonds is 3. The van der Waals surface area contributed by atoms with Crippen molar-refractivity contribution in [3.05, 3.63) is 52.3 Å². The Bertz CT molecular complexity index is 770. The zero-order chi connectivity index (χ0) is 18.1. The number of aromatic amines is 1. The van der Waals surface area contributed by atoms with Crippen LogP contribution in [-0.4, -0.2) is 27.7 Å². The molecule has 1 aliphatic heterocycles. The Hall–Kier alpha value is -2.44. The Labute approximate surface area is 145 Å². The number of carbonyl (C=O) groups excluding carboxylic acids is 1. The van der Waals surface area contributed by atoms with Crippen LogP contribution in [0.2, 0.25) is 0 Å². The standard InChI is InChI=1S/C18H22F2N4O/c1-10(13-6-4-7-14(19)17(13)20)21-18(25)24-9-5-8-15(24)16-11(2)22-23-12(16)3/h4,6-7,10,15H,5,8-9H2,1-3H3,(H,21,25)(H,22,23)/t10-,15+/m1/s1. The van der Waals surface area contributed by atoms with Gasteiger partial charge in [-0.25, -0.2) is 13.6 Å². The number of H-pyrrole nitrogens is 1. The summed E-state index contributed by atoms with van der Waals surface area (Å²) in [5.41, 5.74) is 3.01. The number of amides is 2. The van der Waals surface area contributed by atoms with Crippen LogP contribution in [0.15, 0.2) is 18.2 Å². The Morgan fingerprint density at radius 2 is 2.16 bits per heavy atom. The third kappa shape index (κ3) is 3.23. The van der Waals surface area contributed by atoms with E-state index in [9.17, 15) is 13.6 Å². The van der Waals surface area contributed by atoms with E-state index >= 15 is 0 Å². The third-order valence-electron chi connectivity index (χ3n) is 4.82. The average molecular weight is 348 g/mol. The van der Waals surface area contributed by atoms with E-state index in [1.165, 1.54) is 12.1 Å². The van der Waals surface area contributed by atoms with Crippen molar-refractivity contribution < 1.29 is 13.6 Å². The third-order valence-corrected chi connectivity index (χ3v) is 4.82. The van der Waals surface area contributed by atoms with E-state index in [-0.39, 0.29) is 17.6 Å². The van der Waals surface area contributed by atoms with Gasteiger partial charge in [0.15, 0.2) is 11.6 Å². The number of nitrogens with one attached hydrogen (secondary N) is 2. The molecule has 2 heterocycles. The van der Waals surface area contributed by atoms with Gasteiger partial charge in [0.25, 0.3) is 0 Å². The van der Waals surface area contributed by atoms with E-state index < -0.39 is 17.7 Å². The van der Waals surface area contributed by atoms with Gasteiger partial charge in [0.2, 0.25) is 0 Å². The van der Waals surface area contributed by atoms with Crippen LogP contribution in [0.1, 0.15) is 54.4 Å². The summed E-state index contributed by atoms with van der Waals surface area (Å²) in [7, 11) is 0. The molecule has 0 saturated carbocycles. The van der Waals surface area contributed by atoms with E-state index in [1.807, 2.05) is 13.8 Å². The molecule has 0 aliphatic carbocycles. The van der Waals surface area contributed by atoms with Gasteiger partial charge in [0.05, 0.1) is 17.8 Å². The predicted octanol–water partition coefficient (Wildman–Crippen LogP) is 3.91. The Morgan fingerprint density at radius 3 is 2.84 bits per heavy atom. The zero-order valence-corrected chi connectivity index (χ0v) is 14.6. The molecule has 1 saturated heterocycles. The SMILES string of the molecule is Cc1n[nH]c(C)c1[C@@H]1CCCN1C(=O)N[C@H](C)c1cccc(F)c1F. The van der Waals surface area contributed by atoms with Gasteiger partial charge in [-0.2, -0.15) is 5.10 Å². The summed E-state index contributed by atoms with van der Waals surface area (Å²) in [5, 5.41) is 9.95. The molecule has 2 amide bonds. The predicted molar refractivity (Wildman–Crippen MR) is 90.0 cm³/mol. The fourth-order valence-corrected chi connectivity index (χ4v) is 3.56. The molecule has 0 spiro atoms. The number of benzene rings is 1. The number of carbonyl (C=O) groups is 1. The number of aromatic nitrogens is 2. The average Bonchev–Trinajstić information content (AvgIpc) is 3.16. The maximum atomic E-state index is 13.9. The number of nitrogens with zero attached hydrogens (tertiary/aromatic N) is 2. The number of urea groups is 1. The molecule has 1 aromatic heterocycles. The first-order valence-electron chi connectivity index (χ1n) is 8.42. The lowest BCUT2D eigenvalue weighted by molar-refractivity contribution is 0.189. The first kappa shape index (κ1) is 17.4. The second-order valence-electron chi connectivity index (χ2n) is 6.51. The first-order chi connectivity index (χ1) is 11.9. The summed E-state index contributed by atoms with van der Waals surface area (Å²) in [6, 6.07) is 3.02. The monoisotopic (exact) mass is 348 g/mol. The van der Waals surface area contributed by atoms with Gasteiger partial charge in [-0.05, 0) is 39.7 Å². The van der Waals surface area contributed by atoms with Gasteiger partial charge < -0.3 is 10.2 Å². The highest BCUT2D eigenvalue weighted by molar-refractivity contribution is 5.75. The van der Waals surface area contributed by atoms with Crippen molar-refractivity contribution in [3.63, 3.8) is 0 Å². The normalized spacial score (nSPS) is 18.4. The highest BCUT2D eigenvalue weighted by Crippen LogP contribution is 2.35. The summed E-state index contributed by atoms with van der Waals surface area (Å²) in [5.74, 6) is -1.84. The van der Waals surface area contributed by atoms with Crippen LogP contribution in [0, 0.1) is 25.5 Å². The molecule has 2 atom stereocenters. The summed E-state index contributed by atoms with van der Waals surface area (Å²) < 4.78 is 27.3. The fraction of sp³-hybridized carbons (Fsp3) is 0.444. The van der Waals surface area contributed by atoms with Gasteiger partial charge in [-0.3, -0.25) is 5.10 Å². The van der Waals surface area contributed by atoms with E-state index in [0.29, 0.717) is 6.54 Å². The molecule has 2 aromatic rings. The largest absolute Gasteiger partial charge is 0.331 e. The minimum Gasteiger partial charge on any atom is -0.331 e. The van der Waals surface area contributed by atoms with Crippen LogP contribution in [0.5, 0.6) is 0 Å². The number of likely N-dealkylation sites (tertiary alicyclic amines) is 1. The van der Waals surface area contributed by atoms with Crippen molar-refractivity contribution in [2.24, 2.45) is 0 Å². The fourth-order valence-electron chi connectivity index (χ4n) is 3.56. The molecule has 3 rings (SSSR count). The molecule has 7 heteroatoms. The van der Waals surface area contributed by atoms with E-state index in [4.69, 9.17) is 0 Å². The van der Waals surface area contributed by atoms with E-state index in [0.717, 1.165) is 35.9 Å². The lowest BCUT2D eigenvalue weighted by Gasteiger charge is -2.27. The molecule has 2 N–H and O–H groups in total. The number of hydrogen-bond acceptors (Lipinski definition) is 2. The Morgan fingerprint density at radius 1 is 1.40 bits per heavy atom. The molecule has 1 aromatic carbocycles.